The van der Waals surface area contributed by atoms with Crippen molar-refractivity contribution >= 4 is 53.2 Å². The van der Waals surface area contributed by atoms with Crippen molar-refractivity contribution in [1.82, 2.24) is 4.72 Å². The molecule has 0 spiro atoms. The van der Waals surface area contributed by atoms with Crippen LogP contribution in [0.25, 0.3) is 0 Å². The highest BCUT2D eigenvalue weighted by molar-refractivity contribution is 9.13. The van der Waals surface area contributed by atoms with Gasteiger partial charge in [-0.15, -0.1) is 11.3 Å². The number of nitrogens with one attached hydrogen (secondary N) is 1. The molecule has 0 saturated carbocycles. The third-order valence-electron chi connectivity index (χ3n) is 2.90. The highest BCUT2D eigenvalue weighted by Crippen LogP contribution is 2.34. The van der Waals surface area contributed by atoms with Crippen molar-refractivity contribution in [2.45, 2.75) is 16.7 Å². The molecule has 0 aliphatic rings. The maximum absolute atomic E-state index is 12.5. The van der Waals surface area contributed by atoms with Crippen LogP contribution in [0.15, 0.2) is 48.9 Å². The van der Waals surface area contributed by atoms with Crippen molar-refractivity contribution in [2.75, 3.05) is 13.7 Å². The van der Waals surface area contributed by atoms with Crippen LogP contribution in [-0.4, -0.2) is 28.2 Å². The van der Waals surface area contributed by atoms with Crippen LogP contribution in [0.1, 0.15) is 5.56 Å². The molecule has 22 heavy (non-hydrogen) atoms. The van der Waals surface area contributed by atoms with Crippen molar-refractivity contribution in [1.29, 1.82) is 0 Å². The fourth-order valence-electron chi connectivity index (χ4n) is 1.97. The summed E-state index contributed by atoms with van der Waals surface area (Å²) in [5, 5.41) is 0. The monoisotopic (exact) mass is 467 g/mol. The first kappa shape index (κ1) is 18.1. The summed E-state index contributed by atoms with van der Waals surface area (Å²) < 4.78 is 34.6. The Hall–Kier alpha value is -0.250. The number of ether oxygens (including phenoxy) is 1. The zero-order valence-electron chi connectivity index (χ0n) is 11.8. The van der Waals surface area contributed by atoms with E-state index >= 15 is 0 Å². The summed E-state index contributed by atoms with van der Waals surface area (Å²) in [5.41, 5.74) is 1.06. The Morgan fingerprint density at radius 2 is 1.95 bits per heavy atom. The number of halogens is 2. The first-order valence-electron chi connectivity index (χ1n) is 6.42. The minimum atomic E-state index is -3.57. The molecule has 0 aliphatic carbocycles. The van der Waals surface area contributed by atoms with Crippen molar-refractivity contribution in [2.24, 2.45) is 0 Å². The third kappa shape index (κ3) is 4.87. The average Bonchev–Trinajstić information content (AvgIpc) is 2.80. The van der Waals surface area contributed by atoms with E-state index in [0.29, 0.717) is 13.0 Å². The summed E-state index contributed by atoms with van der Waals surface area (Å²) >= 11 is 7.79. The standard InChI is InChI=1S/C14H15Br2NO3S2/c1-20-9-11(7-10-5-3-2-4-6-10)17-22(18,19)13-8-12(15)14(16)21-13/h2-6,8,11,17H,7,9H2,1H3. The molecule has 1 heterocycles. The third-order valence-corrected chi connectivity index (χ3v) is 8.15. The molecule has 0 radical (unpaired) electrons. The van der Waals surface area contributed by atoms with Gasteiger partial charge in [0, 0.05) is 17.6 Å². The Balaban J connectivity index is 2.16. The van der Waals surface area contributed by atoms with Gasteiger partial charge in [0.2, 0.25) is 10.0 Å². The minimum Gasteiger partial charge on any atom is -0.383 e. The van der Waals surface area contributed by atoms with Gasteiger partial charge in [0.15, 0.2) is 0 Å². The molecule has 0 saturated heterocycles. The number of rotatable bonds is 7. The topological polar surface area (TPSA) is 55.4 Å². The summed E-state index contributed by atoms with van der Waals surface area (Å²) in [4.78, 5) is 0. The van der Waals surface area contributed by atoms with Crippen LogP contribution in [0.5, 0.6) is 0 Å². The Bertz CT molecular complexity index is 697. The van der Waals surface area contributed by atoms with E-state index in [-0.39, 0.29) is 10.3 Å². The van der Waals surface area contributed by atoms with E-state index in [4.69, 9.17) is 4.74 Å². The molecule has 1 atom stereocenters. The van der Waals surface area contributed by atoms with Gasteiger partial charge in [-0.2, -0.15) is 0 Å². The molecular formula is C14H15Br2NO3S2. The van der Waals surface area contributed by atoms with Gasteiger partial charge in [-0.05, 0) is 49.9 Å². The molecule has 8 heteroatoms. The van der Waals surface area contributed by atoms with Gasteiger partial charge < -0.3 is 4.74 Å². The van der Waals surface area contributed by atoms with Crippen LogP contribution in [0.4, 0.5) is 0 Å². The maximum Gasteiger partial charge on any atom is 0.250 e. The summed E-state index contributed by atoms with van der Waals surface area (Å²) in [5.74, 6) is 0. The lowest BCUT2D eigenvalue weighted by molar-refractivity contribution is 0.174. The largest absolute Gasteiger partial charge is 0.383 e. The summed E-state index contributed by atoms with van der Waals surface area (Å²) in [6.07, 6.45) is 0.571. The second-order valence-corrected chi connectivity index (χ2v) is 9.82. The molecule has 0 fully saturated rings. The lowest BCUT2D eigenvalue weighted by Crippen LogP contribution is -2.39. The average molecular weight is 469 g/mol. The van der Waals surface area contributed by atoms with Gasteiger partial charge in [0.1, 0.15) is 4.21 Å². The quantitative estimate of drug-likeness (QED) is 0.672. The molecule has 1 N–H and O–H groups in total. The van der Waals surface area contributed by atoms with Gasteiger partial charge in [-0.25, -0.2) is 13.1 Å². The molecule has 4 nitrogen and oxygen atoms in total. The molecule has 0 bridgehead atoms. The van der Waals surface area contributed by atoms with Crippen molar-refractivity contribution in [3.63, 3.8) is 0 Å². The summed E-state index contributed by atoms with van der Waals surface area (Å²) in [7, 11) is -2.01. The lowest BCUT2D eigenvalue weighted by Gasteiger charge is -2.17. The van der Waals surface area contributed by atoms with E-state index in [1.54, 1.807) is 13.2 Å². The zero-order valence-corrected chi connectivity index (χ0v) is 16.6. The zero-order chi connectivity index (χ0) is 16.2. The highest BCUT2D eigenvalue weighted by Gasteiger charge is 2.23. The summed E-state index contributed by atoms with van der Waals surface area (Å²) in [6, 6.07) is 11.0. The molecule has 0 amide bonds. The van der Waals surface area contributed by atoms with Gasteiger partial charge in [0.25, 0.3) is 0 Å². The van der Waals surface area contributed by atoms with E-state index in [0.717, 1.165) is 13.8 Å². The number of thiophene rings is 1. The van der Waals surface area contributed by atoms with E-state index in [1.165, 1.54) is 11.3 Å². The molecule has 0 aliphatic heterocycles. The van der Waals surface area contributed by atoms with E-state index < -0.39 is 10.0 Å². The van der Waals surface area contributed by atoms with E-state index in [1.807, 2.05) is 30.3 Å². The second-order valence-electron chi connectivity index (χ2n) is 4.65. The predicted octanol–water partition coefficient (Wildman–Crippen LogP) is 3.81. The Kier molecular flexibility index (Phi) is 6.60. The number of sulfonamides is 1. The fourth-order valence-corrected chi connectivity index (χ4v) is 6.03. The van der Waals surface area contributed by atoms with E-state index in [2.05, 4.69) is 36.6 Å². The molecule has 2 rings (SSSR count). The van der Waals surface area contributed by atoms with Crippen LogP contribution < -0.4 is 4.72 Å². The van der Waals surface area contributed by atoms with Crippen LogP contribution >= 0.6 is 43.2 Å². The van der Waals surface area contributed by atoms with Crippen LogP contribution in [0.3, 0.4) is 0 Å². The predicted molar refractivity (Wildman–Crippen MR) is 95.9 cm³/mol. The fraction of sp³-hybridized carbons (Fsp3) is 0.286. The molecule has 2 aromatic rings. The Morgan fingerprint density at radius 1 is 1.27 bits per heavy atom. The number of hydrogen-bond donors (Lipinski definition) is 1. The molecule has 1 unspecified atom stereocenters. The van der Waals surface area contributed by atoms with E-state index in [9.17, 15) is 8.42 Å². The number of methoxy groups -OCH3 is 1. The Morgan fingerprint density at radius 3 is 2.50 bits per heavy atom. The Labute approximate surface area is 151 Å². The van der Waals surface area contributed by atoms with Gasteiger partial charge in [-0.1, -0.05) is 30.3 Å². The number of hydrogen-bond acceptors (Lipinski definition) is 4. The molecule has 120 valence electrons. The normalized spacial score (nSPS) is 13.2. The first-order chi connectivity index (χ1) is 10.4. The van der Waals surface area contributed by atoms with Crippen molar-refractivity contribution < 1.29 is 13.2 Å². The van der Waals surface area contributed by atoms with Crippen LogP contribution in [0, 0.1) is 0 Å². The second kappa shape index (κ2) is 8.03. The number of benzene rings is 1. The lowest BCUT2D eigenvalue weighted by atomic mass is 10.1. The minimum absolute atomic E-state index is 0.264. The van der Waals surface area contributed by atoms with Gasteiger partial charge >= 0.3 is 0 Å². The molecule has 1 aromatic heterocycles. The maximum atomic E-state index is 12.5. The SMILES string of the molecule is COCC(Cc1ccccc1)NS(=O)(=O)c1cc(Br)c(Br)s1. The smallest absolute Gasteiger partial charge is 0.250 e. The van der Waals surface area contributed by atoms with Crippen LogP contribution in [0.2, 0.25) is 0 Å². The molecule has 1 aromatic carbocycles. The van der Waals surface area contributed by atoms with Gasteiger partial charge in [0.05, 0.1) is 10.4 Å². The van der Waals surface area contributed by atoms with Crippen LogP contribution in [-0.2, 0) is 21.2 Å². The highest BCUT2D eigenvalue weighted by atomic mass is 79.9. The van der Waals surface area contributed by atoms with Gasteiger partial charge in [-0.3, -0.25) is 0 Å². The van der Waals surface area contributed by atoms with Crippen molar-refractivity contribution in [3.8, 4) is 0 Å². The first-order valence-corrected chi connectivity index (χ1v) is 10.3. The van der Waals surface area contributed by atoms with Crippen molar-refractivity contribution in [3.05, 3.63) is 50.2 Å². The molecular weight excluding hydrogens is 454 g/mol. The summed E-state index contributed by atoms with van der Waals surface area (Å²) in [6.45, 7) is 0.307.